The molecule has 1 fully saturated rings. The summed E-state index contributed by atoms with van der Waals surface area (Å²) < 4.78 is 0. The van der Waals surface area contributed by atoms with Crippen LogP contribution in [-0.2, 0) is 24.4 Å². The third kappa shape index (κ3) is 5.87. The van der Waals surface area contributed by atoms with Crippen LogP contribution >= 0.6 is 0 Å². The zero-order valence-corrected chi connectivity index (χ0v) is 20.1. The van der Waals surface area contributed by atoms with E-state index in [0.717, 1.165) is 40.7 Å². The van der Waals surface area contributed by atoms with Crippen molar-refractivity contribution in [1.29, 1.82) is 0 Å². The molecule has 0 radical (unpaired) electrons. The first kappa shape index (κ1) is 23.5. The van der Waals surface area contributed by atoms with Crippen LogP contribution in [-0.4, -0.2) is 21.7 Å². The molecule has 1 N–H and O–H groups in total. The van der Waals surface area contributed by atoms with E-state index >= 15 is 0 Å². The average Bonchev–Trinajstić information content (AvgIpc) is 3.78. The van der Waals surface area contributed by atoms with Gasteiger partial charge in [0.2, 0.25) is 5.91 Å². The molecule has 0 spiro atoms. The van der Waals surface area contributed by atoms with Crippen molar-refractivity contribution in [2.24, 2.45) is 5.92 Å². The van der Waals surface area contributed by atoms with Crippen molar-refractivity contribution in [3.8, 4) is 11.1 Å². The Morgan fingerprint density at radius 3 is 2.22 bits per heavy atom. The number of carbonyl (C=O) groups excluding carboxylic acids is 2. The van der Waals surface area contributed by atoms with Crippen LogP contribution in [0.1, 0.15) is 39.9 Å². The van der Waals surface area contributed by atoms with Crippen LogP contribution in [0, 0.1) is 5.92 Å². The molecule has 36 heavy (non-hydrogen) atoms. The molecular weight excluding hydrogens is 446 g/mol. The van der Waals surface area contributed by atoms with Crippen molar-refractivity contribution in [2.75, 3.05) is 0 Å². The summed E-state index contributed by atoms with van der Waals surface area (Å²) >= 11 is 0. The van der Waals surface area contributed by atoms with Crippen LogP contribution in [0.15, 0.2) is 103 Å². The predicted octanol–water partition coefficient (Wildman–Crippen LogP) is 5.62. The number of amides is 2. The molecule has 5 heteroatoms. The number of nitrogens with one attached hydrogen (secondary N) is 1. The topological polar surface area (TPSA) is 62.3 Å². The van der Waals surface area contributed by atoms with Gasteiger partial charge in [-0.25, -0.2) is 0 Å². The first-order valence-electron chi connectivity index (χ1n) is 12.4. The molecule has 4 aromatic rings. The largest absolute Gasteiger partial charge is 0.348 e. The highest BCUT2D eigenvalue weighted by atomic mass is 16.2. The van der Waals surface area contributed by atoms with E-state index < -0.39 is 0 Å². The number of rotatable bonds is 9. The highest BCUT2D eigenvalue weighted by Crippen LogP contribution is 2.33. The number of benzene rings is 3. The standard InChI is InChI=1S/C31H29N3O2/c35-30(33-19-23-8-3-1-4-9-23)26-15-16-29(27-12-7-17-32-20-27)28(18-26)22-34(31(36)25-13-14-25)21-24-10-5-2-6-11-24/h1-12,15-18,20,25H,13-14,19,21-22H2,(H,33,35). The van der Waals surface area contributed by atoms with Crippen molar-refractivity contribution in [2.45, 2.75) is 32.5 Å². The summed E-state index contributed by atoms with van der Waals surface area (Å²) in [7, 11) is 0. The molecule has 1 saturated carbocycles. The molecule has 0 saturated heterocycles. The van der Waals surface area contributed by atoms with E-state index in [0.29, 0.717) is 25.2 Å². The highest BCUT2D eigenvalue weighted by molar-refractivity contribution is 5.95. The molecule has 5 nitrogen and oxygen atoms in total. The maximum Gasteiger partial charge on any atom is 0.251 e. The Morgan fingerprint density at radius 1 is 0.833 bits per heavy atom. The zero-order chi connectivity index (χ0) is 24.7. The van der Waals surface area contributed by atoms with E-state index in [2.05, 4.69) is 10.3 Å². The van der Waals surface area contributed by atoms with E-state index in [-0.39, 0.29) is 17.7 Å². The lowest BCUT2D eigenvalue weighted by Crippen LogP contribution is -2.31. The van der Waals surface area contributed by atoms with Crippen LogP contribution in [0.5, 0.6) is 0 Å². The fourth-order valence-electron chi connectivity index (χ4n) is 4.36. The van der Waals surface area contributed by atoms with Gasteiger partial charge in [-0.05, 0) is 53.3 Å². The number of hydrogen-bond acceptors (Lipinski definition) is 3. The van der Waals surface area contributed by atoms with Gasteiger partial charge in [-0.2, -0.15) is 0 Å². The molecule has 1 aliphatic rings. The number of pyridine rings is 1. The van der Waals surface area contributed by atoms with Gasteiger partial charge in [-0.1, -0.05) is 72.8 Å². The van der Waals surface area contributed by atoms with Gasteiger partial charge in [0, 0.05) is 49.1 Å². The first-order chi connectivity index (χ1) is 17.7. The maximum absolute atomic E-state index is 13.3. The van der Waals surface area contributed by atoms with E-state index in [1.165, 1.54) is 0 Å². The lowest BCUT2D eigenvalue weighted by atomic mass is 9.97. The third-order valence-electron chi connectivity index (χ3n) is 6.45. The van der Waals surface area contributed by atoms with Crippen molar-refractivity contribution >= 4 is 11.8 Å². The molecule has 0 unspecified atom stereocenters. The second kappa shape index (κ2) is 11.0. The number of aromatic nitrogens is 1. The molecule has 1 heterocycles. The monoisotopic (exact) mass is 475 g/mol. The van der Waals surface area contributed by atoms with Crippen LogP contribution in [0.3, 0.4) is 0 Å². The molecule has 5 rings (SSSR count). The van der Waals surface area contributed by atoms with Gasteiger partial charge in [0.1, 0.15) is 0 Å². The van der Waals surface area contributed by atoms with E-state index in [4.69, 9.17) is 0 Å². The molecular formula is C31H29N3O2. The summed E-state index contributed by atoms with van der Waals surface area (Å²) in [6, 6.07) is 29.5. The number of nitrogens with zero attached hydrogens (tertiary/aromatic N) is 2. The quantitative estimate of drug-likeness (QED) is 0.342. The van der Waals surface area contributed by atoms with E-state index in [1.54, 1.807) is 6.20 Å². The minimum absolute atomic E-state index is 0.105. The summed E-state index contributed by atoms with van der Waals surface area (Å²) in [5.41, 5.74) is 5.58. The normalized spacial score (nSPS) is 12.7. The lowest BCUT2D eigenvalue weighted by molar-refractivity contribution is -0.133. The molecule has 0 aliphatic heterocycles. The molecule has 0 atom stereocenters. The number of carbonyl (C=O) groups is 2. The molecule has 2 amide bonds. The summed E-state index contributed by atoms with van der Waals surface area (Å²) in [4.78, 5) is 32.5. The Labute approximate surface area is 211 Å². The Kier molecular flexibility index (Phi) is 7.17. The van der Waals surface area contributed by atoms with Gasteiger partial charge in [-0.3, -0.25) is 14.6 Å². The molecule has 0 bridgehead atoms. The molecule has 1 aromatic heterocycles. The Balaban J connectivity index is 1.44. The Hall–Kier alpha value is -4.25. The SMILES string of the molecule is O=C(NCc1ccccc1)c1ccc(-c2cccnc2)c(CN(Cc2ccccc2)C(=O)C2CC2)c1. The van der Waals surface area contributed by atoms with E-state index in [9.17, 15) is 9.59 Å². The third-order valence-corrected chi connectivity index (χ3v) is 6.45. The fraction of sp³-hybridized carbons (Fsp3) is 0.194. The predicted molar refractivity (Wildman–Crippen MR) is 141 cm³/mol. The summed E-state index contributed by atoms with van der Waals surface area (Å²) in [5.74, 6) is 0.142. The van der Waals surface area contributed by atoms with Crippen LogP contribution in [0.25, 0.3) is 11.1 Å². The maximum atomic E-state index is 13.3. The van der Waals surface area contributed by atoms with Crippen molar-refractivity contribution in [3.63, 3.8) is 0 Å². The average molecular weight is 476 g/mol. The molecule has 3 aromatic carbocycles. The van der Waals surface area contributed by atoms with Crippen LogP contribution in [0.2, 0.25) is 0 Å². The van der Waals surface area contributed by atoms with Gasteiger partial charge in [0.15, 0.2) is 0 Å². The Bertz CT molecular complexity index is 1320. The van der Waals surface area contributed by atoms with Gasteiger partial charge in [0.25, 0.3) is 5.91 Å². The van der Waals surface area contributed by atoms with Gasteiger partial charge >= 0.3 is 0 Å². The summed E-state index contributed by atoms with van der Waals surface area (Å²) in [6.07, 6.45) is 5.45. The Morgan fingerprint density at radius 2 is 1.56 bits per heavy atom. The van der Waals surface area contributed by atoms with Crippen LogP contribution in [0.4, 0.5) is 0 Å². The fourth-order valence-corrected chi connectivity index (χ4v) is 4.36. The van der Waals surface area contributed by atoms with Crippen molar-refractivity contribution in [3.05, 3.63) is 126 Å². The number of hydrogen-bond donors (Lipinski definition) is 1. The lowest BCUT2D eigenvalue weighted by Gasteiger charge is -2.25. The van der Waals surface area contributed by atoms with Gasteiger partial charge in [0.05, 0.1) is 0 Å². The minimum atomic E-state index is -0.138. The smallest absolute Gasteiger partial charge is 0.251 e. The minimum Gasteiger partial charge on any atom is -0.348 e. The second-order valence-electron chi connectivity index (χ2n) is 9.24. The van der Waals surface area contributed by atoms with Crippen LogP contribution < -0.4 is 5.32 Å². The van der Waals surface area contributed by atoms with Crippen molar-refractivity contribution in [1.82, 2.24) is 15.2 Å². The molecule has 180 valence electrons. The first-order valence-corrected chi connectivity index (χ1v) is 12.4. The zero-order valence-electron chi connectivity index (χ0n) is 20.1. The summed E-state index contributed by atoms with van der Waals surface area (Å²) in [5, 5.41) is 3.01. The summed E-state index contributed by atoms with van der Waals surface area (Å²) in [6.45, 7) is 1.42. The van der Waals surface area contributed by atoms with Gasteiger partial charge in [-0.15, -0.1) is 0 Å². The van der Waals surface area contributed by atoms with Crippen molar-refractivity contribution < 1.29 is 9.59 Å². The second-order valence-corrected chi connectivity index (χ2v) is 9.24. The molecule has 1 aliphatic carbocycles. The van der Waals surface area contributed by atoms with Gasteiger partial charge < -0.3 is 10.2 Å². The van der Waals surface area contributed by atoms with E-state index in [1.807, 2.05) is 102 Å². The highest BCUT2D eigenvalue weighted by Gasteiger charge is 2.33.